The summed E-state index contributed by atoms with van der Waals surface area (Å²) in [6.45, 7) is -0.184. The third-order valence-corrected chi connectivity index (χ3v) is 3.45. The molecule has 7 nitrogen and oxygen atoms in total. The van der Waals surface area contributed by atoms with E-state index in [2.05, 4.69) is 0 Å². The minimum Gasteiger partial charge on any atom is -0.465 e. The number of aliphatic hydroxyl groups excluding tert-OH is 1. The van der Waals surface area contributed by atoms with Gasteiger partial charge in [-0.15, -0.1) is 0 Å². The maximum Gasteiger partial charge on any atom is 0.407 e. The summed E-state index contributed by atoms with van der Waals surface area (Å²) in [5.74, 6) is 0. The van der Waals surface area contributed by atoms with Gasteiger partial charge in [0.1, 0.15) is 0 Å². The maximum absolute atomic E-state index is 11.0. The average Bonchev–Trinajstić information content (AvgIpc) is 2.53. The van der Waals surface area contributed by atoms with Crippen LogP contribution in [0.1, 0.15) is 12.8 Å². The molecule has 2 saturated heterocycles. The predicted octanol–water partition coefficient (Wildman–Crippen LogP) is -0.148. The molecule has 2 aliphatic rings. The van der Waals surface area contributed by atoms with Crippen LogP contribution in [0.25, 0.3) is 0 Å². The van der Waals surface area contributed by atoms with Crippen LogP contribution < -0.4 is 0 Å². The first-order chi connectivity index (χ1) is 7.56. The first-order valence-electron chi connectivity index (χ1n) is 5.18. The second-order valence-corrected chi connectivity index (χ2v) is 4.17. The number of carboxylic acid groups (broad SMARTS) is 2. The van der Waals surface area contributed by atoms with E-state index in [-0.39, 0.29) is 19.2 Å². The highest BCUT2D eigenvalue weighted by atomic mass is 16.4. The van der Waals surface area contributed by atoms with Crippen molar-refractivity contribution < 1.29 is 24.9 Å². The third-order valence-electron chi connectivity index (χ3n) is 3.45. The normalized spacial score (nSPS) is 32.9. The van der Waals surface area contributed by atoms with Crippen molar-refractivity contribution in [1.29, 1.82) is 0 Å². The summed E-state index contributed by atoms with van der Waals surface area (Å²) in [7, 11) is 0. The van der Waals surface area contributed by atoms with Crippen molar-refractivity contribution in [1.82, 2.24) is 9.80 Å². The second kappa shape index (κ2) is 3.82. The van der Waals surface area contributed by atoms with Gasteiger partial charge in [-0.2, -0.15) is 0 Å². The summed E-state index contributed by atoms with van der Waals surface area (Å²) in [5.41, 5.74) is 0. The number of hydrogen-bond acceptors (Lipinski definition) is 3. The molecule has 0 aromatic rings. The molecule has 2 heterocycles. The molecule has 0 saturated carbocycles. The minimum atomic E-state index is -1.10. The van der Waals surface area contributed by atoms with E-state index in [4.69, 9.17) is 10.2 Å². The minimum absolute atomic E-state index is 0.156. The fraction of sp³-hybridized carbons (Fsp3) is 0.778. The van der Waals surface area contributed by atoms with E-state index in [1.165, 1.54) is 4.90 Å². The van der Waals surface area contributed by atoms with Gasteiger partial charge >= 0.3 is 12.2 Å². The smallest absolute Gasteiger partial charge is 0.407 e. The van der Waals surface area contributed by atoms with Crippen LogP contribution in [0, 0.1) is 0 Å². The number of aliphatic hydroxyl groups is 1. The largest absolute Gasteiger partial charge is 0.465 e. The number of likely N-dealkylation sites (tertiary alicyclic amines) is 1. The lowest BCUT2D eigenvalue weighted by Crippen LogP contribution is -2.63. The van der Waals surface area contributed by atoms with E-state index in [1.54, 1.807) is 0 Å². The number of carbonyl (C=O) groups is 2. The monoisotopic (exact) mass is 230 g/mol. The van der Waals surface area contributed by atoms with Crippen molar-refractivity contribution in [2.24, 2.45) is 0 Å². The van der Waals surface area contributed by atoms with Crippen LogP contribution >= 0.6 is 0 Å². The summed E-state index contributed by atoms with van der Waals surface area (Å²) in [6, 6.07) is -1.30. The molecule has 16 heavy (non-hydrogen) atoms. The number of piperazine rings is 1. The van der Waals surface area contributed by atoms with Crippen molar-refractivity contribution in [3.63, 3.8) is 0 Å². The lowest BCUT2D eigenvalue weighted by atomic mass is 10.0. The zero-order valence-electron chi connectivity index (χ0n) is 8.61. The molecule has 0 unspecified atom stereocenters. The zero-order valence-corrected chi connectivity index (χ0v) is 8.61. The summed E-state index contributed by atoms with van der Waals surface area (Å²) in [4.78, 5) is 24.4. The molecule has 2 fully saturated rings. The molecule has 0 spiro atoms. The molecule has 2 bridgehead atoms. The molecule has 0 radical (unpaired) electrons. The van der Waals surface area contributed by atoms with Gasteiger partial charge in [0.2, 0.25) is 0 Å². The molecular weight excluding hydrogens is 216 g/mol. The van der Waals surface area contributed by atoms with Crippen LogP contribution in [0.15, 0.2) is 0 Å². The second-order valence-electron chi connectivity index (χ2n) is 4.17. The highest BCUT2D eigenvalue weighted by Gasteiger charge is 2.49. The highest BCUT2D eigenvalue weighted by Crippen LogP contribution is 2.34. The summed E-state index contributed by atoms with van der Waals surface area (Å²) >= 11 is 0. The molecule has 3 atom stereocenters. The number of amides is 2. The van der Waals surface area contributed by atoms with Crippen LogP contribution in [0.5, 0.6) is 0 Å². The Morgan fingerprint density at radius 3 is 2.38 bits per heavy atom. The van der Waals surface area contributed by atoms with Gasteiger partial charge in [0.15, 0.2) is 0 Å². The Balaban J connectivity index is 2.25. The SMILES string of the molecule is O=C(O)N1C[C@H]2CC[C@@H]([C@H]1CO)N2C(=O)O. The standard InChI is InChI=1S/C9H14N2O5/c12-4-7-6-2-1-5(11(6)9(15)16)3-10(7)8(13)14/h5-7,12H,1-4H2,(H,13,14)(H,15,16)/t5-,6+,7-/m1/s1. The number of nitrogens with zero attached hydrogens (tertiary/aromatic N) is 2. The van der Waals surface area contributed by atoms with E-state index in [1.807, 2.05) is 0 Å². The van der Waals surface area contributed by atoms with Crippen molar-refractivity contribution in [3.8, 4) is 0 Å². The first-order valence-corrected chi connectivity index (χ1v) is 5.18. The predicted molar refractivity (Wildman–Crippen MR) is 52.3 cm³/mol. The molecule has 7 heteroatoms. The van der Waals surface area contributed by atoms with E-state index in [0.29, 0.717) is 12.8 Å². The third kappa shape index (κ3) is 1.47. The Hall–Kier alpha value is -1.50. The Morgan fingerprint density at radius 1 is 1.19 bits per heavy atom. The van der Waals surface area contributed by atoms with Gasteiger partial charge in [0.05, 0.1) is 24.7 Å². The Kier molecular flexibility index (Phi) is 2.63. The maximum atomic E-state index is 11.0. The van der Waals surface area contributed by atoms with Gasteiger partial charge in [-0.3, -0.25) is 9.80 Å². The zero-order chi connectivity index (χ0) is 11.9. The first kappa shape index (κ1) is 11.0. The van der Waals surface area contributed by atoms with Crippen LogP contribution in [0.4, 0.5) is 9.59 Å². The van der Waals surface area contributed by atoms with Crippen molar-refractivity contribution in [2.45, 2.75) is 31.0 Å². The van der Waals surface area contributed by atoms with Crippen LogP contribution in [-0.4, -0.2) is 68.6 Å². The molecule has 0 aromatic carbocycles. The molecule has 2 amide bonds. The number of fused-ring (bicyclic) bond motifs is 2. The molecule has 0 aliphatic carbocycles. The summed E-state index contributed by atoms with van der Waals surface area (Å²) in [6.07, 6.45) is -0.847. The van der Waals surface area contributed by atoms with Gasteiger partial charge in [-0.05, 0) is 12.8 Å². The molecular formula is C9H14N2O5. The highest BCUT2D eigenvalue weighted by molar-refractivity contribution is 5.70. The van der Waals surface area contributed by atoms with Crippen molar-refractivity contribution >= 4 is 12.2 Å². The number of hydrogen-bond donors (Lipinski definition) is 3. The van der Waals surface area contributed by atoms with Gasteiger partial charge in [0, 0.05) is 6.54 Å². The Bertz CT molecular complexity index is 321. The van der Waals surface area contributed by atoms with Crippen molar-refractivity contribution in [3.05, 3.63) is 0 Å². The lowest BCUT2D eigenvalue weighted by molar-refractivity contribution is 0.00481. The summed E-state index contributed by atoms with van der Waals surface area (Å²) in [5, 5.41) is 27.2. The van der Waals surface area contributed by atoms with E-state index >= 15 is 0 Å². The van der Waals surface area contributed by atoms with Gasteiger partial charge < -0.3 is 15.3 Å². The van der Waals surface area contributed by atoms with Crippen LogP contribution in [-0.2, 0) is 0 Å². The Labute approximate surface area is 91.9 Å². The van der Waals surface area contributed by atoms with Gasteiger partial charge in [-0.25, -0.2) is 9.59 Å². The lowest BCUT2D eigenvalue weighted by Gasteiger charge is -2.43. The van der Waals surface area contributed by atoms with E-state index in [0.717, 1.165) is 4.90 Å². The molecule has 2 rings (SSSR count). The van der Waals surface area contributed by atoms with Gasteiger partial charge in [0.25, 0.3) is 0 Å². The average molecular weight is 230 g/mol. The number of rotatable bonds is 1. The Morgan fingerprint density at radius 2 is 1.88 bits per heavy atom. The fourth-order valence-electron chi connectivity index (χ4n) is 2.78. The quantitative estimate of drug-likeness (QED) is 0.581. The fourth-order valence-corrected chi connectivity index (χ4v) is 2.78. The molecule has 2 aliphatic heterocycles. The van der Waals surface area contributed by atoms with E-state index < -0.39 is 24.3 Å². The van der Waals surface area contributed by atoms with Crippen LogP contribution in [0.2, 0.25) is 0 Å². The molecule has 90 valence electrons. The molecule has 3 N–H and O–H groups in total. The topological polar surface area (TPSA) is 101 Å². The molecule has 0 aromatic heterocycles. The van der Waals surface area contributed by atoms with Gasteiger partial charge in [-0.1, -0.05) is 0 Å². The van der Waals surface area contributed by atoms with Crippen molar-refractivity contribution in [2.75, 3.05) is 13.2 Å². The van der Waals surface area contributed by atoms with E-state index in [9.17, 15) is 14.7 Å². The van der Waals surface area contributed by atoms with Crippen LogP contribution in [0.3, 0.4) is 0 Å². The summed E-state index contributed by atoms with van der Waals surface area (Å²) < 4.78 is 0.